The Bertz CT molecular complexity index is 790. The first-order chi connectivity index (χ1) is 11.5. The minimum Gasteiger partial charge on any atom is -0.376 e. The summed E-state index contributed by atoms with van der Waals surface area (Å²) in [7, 11) is 3.79. The number of ether oxygens (including phenoxy) is 1. The Labute approximate surface area is 140 Å². The number of pyridine rings is 1. The number of benzene rings is 1. The third-order valence-corrected chi connectivity index (χ3v) is 4.10. The van der Waals surface area contributed by atoms with E-state index in [2.05, 4.69) is 4.98 Å². The van der Waals surface area contributed by atoms with Crippen molar-refractivity contribution < 1.29 is 14.3 Å². The molecule has 1 atom stereocenters. The van der Waals surface area contributed by atoms with Crippen molar-refractivity contribution in [1.29, 1.82) is 0 Å². The van der Waals surface area contributed by atoms with Gasteiger partial charge in [-0.1, -0.05) is 18.2 Å². The Kier molecular flexibility index (Phi) is 4.35. The van der Waals surface area contributed by atoms with Crippen molar-refractivity contribution in [2.45, 2.75) is 6.10 Å². The number of nitrogens with two attached hydrogens (primary N) is 1. The number of hydrogen-bond acceptors (Lipinski definition) is 5. The average molecular weight is 328 g/mol. The molecule has 0 aliphatic carbocycles. The summed E-state index contributed by atoms with van der Waals surface area (Å²) in [5.74, 6) is -0.733. The summed E-state index contributed by atoms with van der Waals surface area (Å²) in [5.41, 5.74) is 7.44. The molecule has 7 nitrogen and oxygen atoms in total. The summed E-state index contributed by atoms with van der Waals surface area (Å²) < 4.78 is 5.31. The van der Waals surface area contributed by atoms with E-state index >= 15 is 0 Å². The molecule has 2 amide bonds. The van der Waals surface area contributed by atoms with Crippen LogP contribution in [0, 0.1) is 0 Å². The first kappa shape index (κ1) is 16.2. The number of nitrogens with zero attached hydrogens (tertiary/aromatic N) is 3. The van der Waals surface area contributed by atoms with Crippen molar-refractivity contribution in [2.24, 2.45) is 5.73 Å². The van der Waals surface area contributed by atoms with Crippen LogP contribution in [0.1, 0.15) is 10.4 Å². The molecule has 0 spiro atoms. The number of morpholine rings is 1. The molecule has 24 heavy (non-hydrogen) atoms. The van der Waals surface area contributed by atoms with Gasteiger partial charge in [0.1, 0.15) is 0 Å². The van der Waals surface area contributed by atoms with Crippen molar-refractivity contribution >= 4 is 28.4 Å². The first-order valence-electron chi connectivity index (χ1n) is 7.74. The molecule has 1 unspecified atom stereocenters. The van der Waals surface area contributed by atoms with Crippen LogP contribution in [0.15, 0.2) is 30.5 Å². The Morgan fingerprint density at radius 2 is 2.08 bits per heavy atom. The van der Waals surface area contributed by atoms with Crippen LogP contribution >= 0.6 is 0 Å². The summed E-state index contributed by atoms with van der Waals surface area (Å²) in [4.78, 5) is 32.2. The van der Waals surface area contributed by atoms with Gasteiger partial charge in [-0.15, -0.1) is 0 Å². The number of rotatable bonds is 3. The highest BCUT2D eigenvalue weighted by Gasteiger charge is 2.30. The van der Waals surface area contributed by atoms with Gasteiger partial charge in [0.25, 0.3) is 5.91 Å². The van der Waals surface area contributed by atoms with Gasteiger partial charge in [0.2, 0.25) is 5.91 Å². The van der Waals surface area contributed by atoms with Gasteiger partial charge in [-0.2, -0.15) is 0 Å². The zero-order valence-corrected chi connectivity index (χ0v) is 13.7. The van der Waals surface area contributed by atoms with E-state index < -0.39 is 12.0 Å². The maximum atomic E-state index is 13.0. The van der Waals surface area contributed by atoms with Gasteiger partial charge in [0, 0.05) is 32.2 Å². The summed E-state index contributed by atoms with van der Waals surface area (Å²) in [5, 5.41) is 0.910. The minimum atomic E-state index is -0.765. The highest BCUT2D eigenvalue weighted by atomic mass is 16.5. The van der Waals surface area contributed by atoms with Crippen LogP contribution in [0.25, 0.3) is 10.9 Å². The molecule has 1 aliphatic heterocycles. The normalized spacial score (nSPS) is 17.8. The standard InChI is InChI=1S/C17H20N4O3/c1-20(2)15-11-5-3-4-6-13(11)19-9-12(15)17(23)21-7-8-24-14(10-21)16(18)22/h3-6,9,14H,7-8,10H2,1-2H3,(H2,18,22). The average Bonchev–Trinajstić information content (AvgIpc) is 2.60. The SMILES string of the molecule is CN(C)c1c(C(=O)N2CCOC(C(N)=O)C2)cnc2ccccc12. The number of anilines is 1. The second-order valence-corrected chi connectivity index (χ2v) is 5.95. The lowest BCUT2D eigenvalue weighted by Gasteiger charge is -2.32. The van der Waals surface area contributed by atoms with Gasteiger partial charge in [0.15, 0.2) is 6.10 Å². The van der Waals surface area contributed by atoms with E-state index in [4.69, 9.17) is 10.5 Å². The molecule has 1 aromatic carbocycles. The minimum absolute atomic E-state index is 0.161. The zero-order chi connectivity index (χ0) is 17.3. The van der Waals surface area contributed by atoms with E-state index in [0.29, 0.717) is 12.1 Å². The second kappa shape index (κ2) is 6.45. The van der Waals surface area contributed by atoms with Crippen molar-refractivity contribution in [3.05, 3.63) is 36.0 Å². The van der Waals surface area contributed by atoms with E-state index in [1.807, 2.05) is 43.3 Å². The van der Waals surface area contributed by atoms with E-state index in [1.54, 1.807) is 11.1 Å². The predicted octanol–water partition coefficient (Wildman–Crippen LogP) is 0.627. The number of fused-ring (bicyclic) bond motifs is 1. The lowest BCUT2D eigenvalue weighted by Crippen LogP contribution is -2.50. The Hall–Kier alpha value is -2.67. The fourth-order valence-corrected chi connectivity index (χ4v) is 2.94. The van der Waals surface area contributed by atoms with Crippen molar-refractivity contribution in [1.82, 2.24) is 9.88 Å². The highest BCUT2D eigenvalue weighted by molar-refractivity contribution is 6.07. The topological polar surface area (TPSA) is 88.8 Å². The van der Waals surface area contributed by atoms with Gasteiger partial charge in [0.05, 0.1) is 29.9 Å². The molecule has 1 fully saturated rings. The number of carbonyl (C=O) groups excluding carboxylic acids is 2. The largest absolute Gasteiger partial charge is 0.376 e. The number of carbonyl (C=O) groups is 2. The number of aromatic nitrogens is 1. The molecular weight excluding hydrogens is 308 g/mol. The second-order valence-electron chi connectivity index (χ2n) is 5.95. The first-order valence-corrected chi connectivity index (χ1v) is 7.74. The third-order valence-electron chi connectivity index (χ3n) is 4.10. The van der Waals surface area contributed by atoms with Crippen LogP contribution in [0.2, 0.25) is 0 Å². The molecule has 3 rings (SSSR count). The zero-order valence-electron chi connectivity index (χ0n) is 13.7. The van der Waals surface area contributed by atoms with Gasteiger partial charge in [-0.05, 0) is 6.07 Å². The molecule has 0 bridgehead atoms. The molecule has 2 N–H and O–H groups in total. The predicted molar refractivity (Wildman–Crippen MR) is 90.9 cm³/mol. The van der Waals surface area contributed by atoms with E-state index in [0.717, 1.165) is 16.6 Å². The maximum Gasteiger partial charge on any atom is 0.257 e. The van der Waals surface area contributed by atoms with Crippen LogP contribution in [0.3, 0.4) is 0 Å². The molecule has 7 heteroatoms. The summed E-state index contributed by atoms with van der Waals surface area (Å²) >= 11 is 0. The van der Waals surface area contributed by atoms with Gasteiger partial charge in [-0.25, -0.2) is 0 Å². The maximum absolute atomic E-state index is 13.0. The Morgan fingerprint density at radius 3 is 2.79 bits per heavy atom. The van der Waals surface area contributed by atoms with Crippen LogP contribution in [0.5, 0.6) is 0 Å². The van der Waals surface area contributed by atoms with Crippen molar-refractivity contribution in [3.63, 3.8) is 0 Å². The quantitative estimate of drug-likeness (QED) is 0.892. The Balaban J connectivity index is 2.00. The van der Waals surface area contributed by atoms with E-state index in [9.17, 15) is 9.59 Å². The molecule has 1 saturated heterocycles. The molecule has 2 aromatic rings. The summed E-state index contributed by atoms with van der Waals surface area (Å²) in [6.45, 7) is 0.869. The number of para-hydroxylation sites is 1. The lowest BCUT2D eigenvalue weighted by molar-refractivity contribution is -0.133. The lowest BCUT2D eigenvalue weighted by atomic mass is 10.1. The fraction of sp³-hybridized carbons (Fsp3) is 0.353. The Morgan fingerprint density at radius 1 is 1.33 bits per heavy atom. The monoisotopic (exact) mass is 328 g/mol. The molecule has 1 aromatic heterocycles. The molecule has 0 radical (unpaired) electrons. The molecular formula is C17H20N4O3. The van der Waals surface area contributed by atoms with Crippen LogP contribution in [0.4, 0.5) is 5.69 Å². The smallest absolute Gasteiger partial charge is 0.257 e. The van der Waals surface area contributed by atoms with Gasteiger partial charge in [-0.3, -0.25) is 14.6 Å². The third kappa shape index (κ3) is 2.90. The summed E-state index contributed by atoms with van der Waals surface area (Å²) in [6, 6.07) is 7.69. The highest BCUT2D eigenvalue weighted by Crippen LogP contribution is 2.29. The molecule has 1 aliphatic rings. The van der Waals surface area contributed by atoms with Crippen LogP contribution in [-0.2, 0) is 9.53 Å². The summed E-state index contributed by atoms with van der Waals surface area (Å²) in [6.07, 6.45) is 0.827. The number of primary amides is 1. The fourth-order valence-electron chi connectivity index (χ4n) is 2.94. The van der Waals surface area contributed by atoms with Gasteiger partial charge < -0.3 is 20.3 Å². The molecule has 126 valence electrons. The van der Waals surface area contributed by atoms with Crippen LogP contribution in [-0.4, -0.2) is 61.6 Å². The van der Waals surface area contributed by atoms with E-state index in [1.165, 1.54) is 0 Å². The van der Waals surface area contributed by atoms with Crippen LogP contribution < -0.4 is 10.6 Å². The molecule has 2 heterocycles. The van der Waals surface area contributed by atoms with Crippen molar-refractivity contribution in [3.8, 4) is 0 Å². The number of hydrogen-bond donors (Lipinski definition) is 1. The van der Waals surface area contributed by atoms with Crippen molar-refractivity contribution in [2.75, 3.05) is 38.7 Å². The van der Waals surface area contributed by atoms with Gasteiger partial charge >= 0.3 is 0 Å². The van der Waals surface area contributed by atoms with E-state index in [-0.39, 0.29) is 19.1 Å². The molecule has 0 saturated carbocycles. The number of amides is 2.